The molecule has 2 aliphatic carbocycles. The molecule has 3 atom stereocenters. The normalized spacial score (nSPS) is 24.5. The lowest BCUT2D eigenvalue weighted by Gasteiger charge is -2.24. The summed E-state index contributed by atoms with van der Waals surface area (Å²) in [4.78, 5) is 14.9. The summed E-state index contributed by atoms with van der Waals surface area (Å²) in [5.74, 6) is 1.53. The van der Waals surface area contributed by atoms with Crippen LogP contribution in [0, 0.1) is 5.92 Å². The van der Waals surface area contributed by atoms with Crippen LogP contribution in [0.15, 0.2) is 42.5 Å². The molecule has 2 aromatic carbocycles. The smallest absolute Gasteiger partial charge is 0.337 e. The van der Waals surface area contributed by atoms with Crippen molar-refractivity contribution in [3.63, 3.8) is 0 Å². The van der Waals surface area contributed by atoms with Crippen LogP contribution in [-0.2, 0) is 11.3 Å². The summed E-state index contributed by atoms with van der Waals surface area (Å²) in [6, 6.07) is 16.1. The number of hydrogen-bond donors (Lipinski definition) is 0. The number of esters is 1. The zero-order chi connectivity index (χ0) is 23.4. The first-order valence-electron chi connectivity index (χ1n) is 13.1. The standard InChI is InChI=1S/C30H36N2O2/c1-31(2)22-15-21-18-32-27-16-20(30(33)34-3)13-14-25(27)28(19-9-5-4-6-10-19)29(32)24-12-8-7-11-23(24)26(21)17-22/h7-8,11-14,16,19,21-22,26H,4-6,9-10,15,17-18H2,1-3H3. The Bertz CT molecular complexity index is 1230. The molecule has 0 amide bonds. The number of carbonyl (C=O) groups excluding carboxylic acids is 1. The second-order valence-corrected chi connectivity index (χ2v) is 11.0. The molecule has 4 heteroatoms. The van der Waals surface area contributed by atoms with Gasteiger partial charge in [0.1, 0.15) is 0 Å². The minimum Gasteiger partial charge on any atom is -0.465 e. The number of aromatic nitrogens is 1. The Labute approximate surface area is 202 Å². The molecule has 4 nitrogen and oxygen atoms in total. The predicted octanol–water partition coefficient (Wildman–Crippen LogP) is 6.58. The van der Waals surface area contributed by atoms with Gasteiger partial charge in [-0.2, -0.15) is 0 Å². The van der Waals surface area contributed by atoms with Crippen molar-refractivity contribution in [2.45, 2.75) is 69.4 Å². The topological polar surface area (TPSA) is 34.5 Å². The number of benzene rings is 2. The van der Waals surface area contributed by atoms with Crippen LogP contribution in [0.5, 0.6) is 0 Å². The number of nitrogens with zero attached hydrogens (tertiary/aromatic N) is 2. The summed E-state index contributed by atoms with van der Waals surface area (Å²) in [5, 5.41) is 1.34. The molecule has 1 aromatic heterocycles. The lowest BCUT2D eigenvalue weighted by Crippen LogP contribution is -2.25. The highest BCUT2D eigenvalue weighted by atomic mass is 16.5. The highest BCUT2D eigenvalue weighted by Gasteiger charge is 2.41. The van der Waals surface area contributed by atoms with E-state index >= 15 is 0 Å². The molecule has 34 heavy (non-hydrogen) atoms. The second-order valence-electron chi connectivity index (χ2n) is 11.0. The molecule has 6 rings (SSSR count). The van der Waals surface area contributed by atoms with Gasteiger partial charge >= 0.3 is 5.97 Å². The van der Waals surface area contributed by atoms with Gasteiger partial charge in [-0.3, -0.25) is 0 Å². The maximum Gasteiger partial charge on any atom is 0.337 e. The molecule has 3 aromatic rings. The van der Waals surface area contributed by atoms with E-state index in [4.69, 9.17) is 4.74 Å². The van der Waals surface area contributed by atoms with E-state index in [1.54, 1.807) is 0 Å². The molecule has 0 radical (unpaired) electrons. The Balaban J connectivity index is 1.61. The Morgan fingerprint density at radius 1 is 1.03 bits per heavy atom. The molecule has 0 N–H and O–H groups in total. The van der Waals surface area contributed by atoms with Crippen LogP contribution in [0.1, 0.15) is 78.3 Å². The van der Waals surface area contributed by atoms with Crippen molar-refractivity contribution in [3.8, 4) is 11.3 Å². The summed E-state index contributed by atoms with van der Waals surface area (Å²) in [5.41, 5.74) is 7.77. The largest absolute Gasteiger partial charge is 0.465 e. The first-order valence-corrected chi connectivity index (χ1v) is 13.1. The van der Waals surface area contributed by atoms with Crippen LogP contribution in [0.25, 0.3) is 22.2 Å². The monoisotopic (exact) mass is 456 g/mol. The average molecular weight is 457 g/mol. The summed E-state index contributed by atoms with van der Waals surface area (Å²) < 4.78 is 7.68. The first-order chi connectivity index (χ1) is 16.6. The number of carbonyl (C=O) groups is 1. The van der Waals surface area contributed by atoms with Crippen molar-refractivity contribution in [2.24, 2.45) is 5.92 Å². The van der Waals surface area contributed by atoms with Gasteiger partial charge in [-0.15, -0.1) is 0 Å². The maximum absolute atomic E-state index is 12.5. The summed E-state index contributed by atoms with van der Waals surface area (Å²) in [6.07, 6.45) is 8.96. The third kappa shape index (κ3) is 3.41. The van der Waals surface area contributed by atoms with Crippen molar-refractivity contribution >= 4 is 16.9 Å². The van der Waals surface area contributed by atoms with Crippen molar-refractivity contribution in [1.29, 1.82) is 0 Å². The molecule has 3 unspecified atom stereocenters. The molecule has 1 aliphatic heterocycles. The van der Waals surface area contributed by atoms with Crippen molar-refractivity contribution in [2.75, 3.05) is 21.2 Å². The molecular formula is C30H36N2O2. The maximum atomic E-state index is 12.5. The third-order valence-corrected chi connectivity index (χ3v) is 8.97. The zero-order valence-electron chi connectivity index (χ0n) is 20.7. The fourth-order valence-electron chi connectivity index (χ4n) is 7.28. The quantitative estimate of drug-likeness (QED) is 0.418. The van der Waals surface area contributed by atoms with Gasteiger partial charge in [-0.05, 0) is 80.8 Å². The van der Waals surface area contributed by atoms with Crippen LogP contribution in [-0.4, -0.2) is 42.7 Å². The Morgan fingerprint density at radius 2 is 1.82 bits per heavy atom. The molecule has 0 spiro atoms. The van der Waals surface area contributed by atoms with Gasteiger partial charge in [0.2, 0.25) is 0 Å². The minimum absolute atomic E-state index is 0.253. The van der Waals surface area contributed by atoms with E-state index in [1.807, 2.05) is 6.07 Å². The van der Waals surface area contributed by atoms with E-state index in [2.05, 4.69) is 60.0 Å². The van der Waals surface area contributed by atoms with Gasteiger partial charge in [0, 0.05) is 29.1 Å². The Kier molecular flexibility index (Phi) is 5.52. The number of hydrogen-bond acceptors (Lipinski definition) is 3. The lowest BCUT2D eigenvalue weighted by molar-refractivity contribution is 0.0601. The molecule has 3 aliphatic rings. The van der Waals surface area contributed by atoms with Gasteiger partial charge in [0.05, 0.1) is 18.4 Å². The van der Waals surface area contributed by atoms with E-state index < -0.39 is 0 Å². The SMILES string of the molecule is COC(=O)c1ccc2c(C3CCCCC3)c3n(c2c1)CC1CC(N(C)C)CC1c1ccccc1-3. The first kappa shape index (κ1) is 21.9. The summed E-state index contributed by atoms with van der Waals surface area (Å²) in [7, 11) is 5.92. The van der Waals surface area contributed by atoms with E-state index in [9.17, 15) is 4.79 Å². The summed E-state index contributed by atoms with van der Waals surface area (Å²) >= 11 is 0. The van der Waals surface area contributed by atoms with Crippen LogP contribution in [0.3, 0.4) is 0 Å². The second kappa shape index (κ2) is 8.57. The number of methoxy groups -OCH3 is 1. The molecule has 0 bridgehead atoms. The van der Waals surface area contributed by atoms with Crippen molar-refractivity contribution < 1.29 is 9.53 Å². The van der Waals surface area contributed by atoms with Crippen molar-refractivity contribution in [1.82, 2.24) is 9.47 Å². The summed E-state index contributed by atoms with van der Waals surface area (Å²) in [6.45, 7) is 1.02. The average Bonchev–Trinajstić information content (AvgIpc) is 3.40. The highest BCUT2D eigenvalue weighted by Crippen LogP contribution is 2.52. The molecule has 2 saturated carbocycles. The van der Waals surface area contributed by atoms with Gasteiger partial charge in [0.15, 0.2) is 0 Å². The number of fused-ring (bicyclic) bond motifs is 7. The van der Waals surface area contributed by atoms with Gasteiger partial charge in [-0.1, -0.05) is 49.6 Å². The van der Waals surface area contributed by atoms with Crippen LogP contribution >= 0.6 is 0 Å². The highest BCUT2D eigenvalue weighted by molar-refractivity contribution is 5.99. The number of ether oxygens (including phenoxy) is 1. The molecule has 2 fully saturated rings. The van der Waals surface area contributed by atoms with E-state index in [-0.39, 0.29) is 5.97 Å². The number of rotatable bonds is 3. The Hall–Kier alpha value is -2.59. The fraction of sp³-hybridized carbons (Fsp3) is 0.500. The van der Waals surface area contributed by atoms with E-state index in [0.717, 1.165) is 6.54 Å². The fourth-order valence-corrected chi connectivity index (χ4v) is 7.28. The minimum atomic E-state index is -0.253. The molecule has 0 saturated heterocycles. The van der Waals surface area contributed by atoms with E-state index in [1.165, 1.54) is 85.3 Å². The van der Waals surface area contributed by atoms with Crippen LogP contribution in [0.4, 0.5) is 0 Å². The molecular weight excluding hydrogens is 420 g/mol. The zero-order valence-corrected chi connectivity index (χ0v) is 20.7. The third-order valence-electron chi connectivity index (χ3n) is 8.97. The molecule has 178 valence electrons. The lowest BCUT2D eigenvalue weighted by atomic mass is 9.80. The Morgan fingerprint density at radius 3 is 2.59 bits per heavy atom. The van der Waals surface area contributed by atoms with Crippen LogP contribution in [0.2, 0.25) is 0 Å². The van der Waals surface area contributed by atoms with Crippen LogP contribution < -0.4 is 0 Å². The van der Waals surface area contributed by atoms with Gasteiger partial charge < -0.3 is 14.2 Å². The van der Waals surface area contributed by atoms with Crippen molar-refractivity contribution in [3.05, 3.63) is 59.2 Å². The van der Waals surface area contributed by atoms with Gasteiger partial charge in [-0.25, -0.2) is 4.79 Å². The van der Waals surface area contributed by atoms with Gasteiger partial charge in [0.25, 0.3) is 0 Å². The van der Waals surface area contributed by atoms with E-state index in [0.29, 0.717) is 29.4 Å². The predicted molar refractivity (Wildman–Crippen MR) is 137 cm³/mol. The molecule has 2 heterocycles.